The number of aliphatic hydroxyl groups is 1. The number of rotatable bonds is 10. The second-order valence-corrected chi connectivity index (χ2v) is 10.4. The fourth-order valence-electron chi connectivity index (χ4n) is 6.51. The van der Waals surface area contributed by atoms with Crippen molar-refractivity contribution in [2.75, 3.05) is 40.5 Å². The summed E-state index contributed by atoms with van der Waals surface area (Å²) in [4.78, 5) is 0. The summed E-state index contributed by atoms with van der Waals surface area (Å²) in [6.07, 6.45) is 7.71. The second-order valence-electron chi connectivity index (χ2n) is 10.4. The van der Waals surface area contributed by atoms with E-state index in [1.54, 1.807) is 0 Å². The van der Waals surface area contributed by atoms with E-state index in [2.05, 4.69) is 38.4 Å². The minimum Gasteiger partial charge on any atom is -1.00 e. The van der Waals surface area contributed by atoms with Gasteiger partial charge in [-0.3, -0.25) is 0 Å². The molecule has 5 heteroatoms. The molecule has 4 bridgehead atoms. The molecular weight excluding hydrogens is 386 g/mol. The van der Waals surface area contributed by atoms with E-state index in [9.17, 15) is 5.11 Å². The largest absolute Gasteiger partial charge is 1.00 e. The zero-order valence-corrected chi connectivity index (χ0v) is 18.8. The van der Waals surface area contributed by atoms with Gasteiger partial charge in [0.2, 0.25) is 0 Å². The summed E-state index contributed by atoms with van der Waals surface area (Å²) < 4.78 is 12.9. The Bertz CT molecular complexity index is 601. The summed E-state index contributed by atoms with van der Waals surface area (Å²) in [5.74, 6) is 2.75. The van der Waals surface area contributed by atoms with Crippen LogP contribution in [0, 0.1) is 17.8 Å². The molecule has 4 aliphatic rings. The van der Waals surface area contributed by atoms with Gasteiger partial charge in [-0.25, -0.2) is 0 Å². The van der Waals surface area contributed by atoms with Crippen molar-refractivity contribution in [1.29, 1.82) is 0 Å². The fourth-order valence-corrected chi connectivity index (χ4v) is 6.51. The van der Waals surface area contributed by atoms with Crippen LogP contribution in [0.1, 0.15) is 44.1 Å². The Kier molecular flexibility index (Phi) is 7.66. The molecule has 1 unspecified atom stereocenters. The molecule has 0 heterocycles. The number of hydrogen-bond donors (Lipinski definition) is 1. The first-order valence-electron chi connectivity index (χ1n) is 11.2. The molecule has 1 aromatic carbocycles. The molecule has 4 fully saturated rings. The molecule has 4 saturated carbocycles. The highest BCUT2D eigenvalue weighted by Gasteiger charge is 2.51. The van der Waals surface area contributed by atoms with E-state index in [0.29, 0.717) is 26.4 Å². The number of aliphatic hydroxyl groups excluding tert-OH is 1. The number of hydrogen-bond acceptors (Lipinski definition) is 3. The summed E-state index contributed by atoms with van der Waals surface area (Å²) in [6, 6.07) is 10.5. The molecule has 0 aromatic heterocycles. The Morgan fingerprint density at radius 1 is 1.00 bits per heavy atom. The number of nitrogens with zero attached hydrogens (tertiary/aromatic N) is 1. The highest BCUT2D eigenvalue weighted by molar-refractivity contribution is 5.13. The van der Waals surface area contributed by atoms with Crippen molar-refractivity contribution < 1.29 is 31.5 Å². The van der Waals surface area contributed by atoms with Crippen LogP contribution in [0.3, 0.4) is 0 Å². The van der Waals surface area contributed by atoms with Gasteiger partial charge in [-0.2, -0.15) is 0 Å². The van der Waals surface area contributed by atoms with Crippen LogP contribution in [-0.4, -0.2) is 61.8 Å². The van der Waals surface area contributed by atoms with Crippen molar-refractivity contribution in [3.8, 4) is 0 Å². The third-order valence-electron chi connectivity index (χ3n) is 7.09. The van der Waals surface area contributed by atoms with Crippen molar-refractivity contribution in [3.63, 3.8) is 0 Å². The maximum absolute atomic E-state index is 10.4. The number of likely N-dealkylation sites (N-methyl/N-ethyl adjacent to an activating group) is 1. The lowest BCUT2D eigenvalue weighted by Crippen LogP contribution is -3.00. The molecule has 1 aromatic rings. The summed E-state index contributed by atoms with van der Waals surface area (Å²) in [6.45, 7) is 3.24. The molecule has 0 spiro atoms. The highest BCUT2D eigenvalue weighted by Crippen LogP contribution is 2.57. The van der Waals surface area contributed by atoms with Gasteiger partial charge in [-0.1, -0.05) is 30.3 Å². The lowest BCUT2D eigenvalue weighted by atomic mass is 9.54. The first-order chi connectivity index (χ1) is 13.4. The van der Waals surface area contributed by atoms with Crippen LogP contribution >= 0.6 is 0 Å². The number of benzene rings is 1. The van der Waals surface area contributed by atoms with Gasteiger partial charge in [0.15, 0.2) is 0 Å². The van der Waals surface area contributed by atoms with Crippen molar-refractivity contribution in [1.82, 2.24) is 0 Å². The minimum absolute atomic E-state index is 0. The van der Waals surface area contributed by atoms with Gasteiger partial charge in [-0.05, 0) is 56.3 Å². The van der Waals surface area contributed by atoms with E-state index in [4.69, 9.17) is 9.47 Å². The summed E-state index contributed by atoms with van der Waals surface area (Å²) in [5, 5.41) is 10.4. The zero-order chi connectivity index (χ0) is 19.6. The molecule has 1 N–H and O–H groups in total. The van der Waals surface area contributed by atoms with E-state index in [0.717, 1.165) is 28.8 Å². The van der Waals surface area contributed by atoms with E-state index in [-0.39, 0.29) is 18.0 Å². The quantitative estimate of drug-likeness (QED) is 0.443. The van der Waals surface area contributed by atoms with Crippen LogP contribution in [0.25, 0.3) is 0 Å². The van der Waals surface area contributed by atoms with Gasteiger partial charge >= 0.3 is 0 Å². The molecule has 0 saturated heterocycles. The topological polar surface area (TPSA) is 38.7 Å². The second kappa shape index (κ2) is 9.65. The standard InChI is InChI=1S/C24H38NO3.ClH/c1-25(2,16-19-6-4-3-5-7-19)17-23(26)18-27-8-9-28-24-13-20-10-21(14-24)12-22(11-20)15-24;/h3-7,20-23,26H,8-18H2,1-2H3;1H/q+1;/p-1. The van der Waals surface area contributed by atoms with Crippen LogP contribution in [0.2, 0.25) is 0 Å². The molecule has 5 rings (SSSR count). The Hall–Kier alpha value is -0.650. The smallest absolute Gasteiger partial charge is 0.126 e. The average Bonchev–Trinajstić information content (AvgIpc) is 2.60. The number of quaternary nitrogens is 1. The van der Waals surface area contributed by atoms with Crippen LogP contribution in [-0.2, 0) is 16.0 Å². The highest BCUT2D eigenvalue weighted by atomic mass is 35.5. The first kappa shape index (κ1) is 23.0. The molecule has 4 nitrogen and oxygen atoms in total. The van der Waals surface area contributed by atoms with E-state index in [1.807, 2.05) is 6.07 Å². The van der Waals surface area contributed by atoms with Crippen LogP contribution < -0.4 is 12.4 Å². The predicted molar refractivity (Wildman–Crippen MR) is 111 cm³/mol. The van der Waals surface area contributed by atoms with Gasteiger partial charge in [0.1, 0.15) is 19.2 Å². The van der Waals surface area contributed by atoms with Crippen molar-refractivity contribution in [3.05, 3.63) is 35.9 Å². The summed E-state index contributed by atoms with van der Waals surface area (Å²) in [5.41, 5.74) is 1.45. The van der Waals surface area contributed by atoms with Gasteiger partial charge in [0.05, 0.1) is 39.5 Å². The molecule has 29 heavy (non-hydrogen) atoms. The molecule has 1 atom stereocenters. The Labute approximate surface area is 182 Å². The van der Waals surface area contributed by atoms with Crippen LogP contribution in [0.5, 0.6) is 0 Å². The first-order valence-corrected chi connectivity index (χ1v) is 11.2. The van der Waals surface area contributed by atoms with Crippen molar-refractivity contribution in [2.45, 2.75) is 56.8 Å². The van der Waals surface area contributed by atoms with E-state index < -0.39 is 6.10 Å². The Balaban J connectivity index is 0.00000240. The van der Waals surface area contributed by atoms with Crippen molar-refractivity contribution in [2.24, 2.45) is 17.8 Å². The molecule has 0 aliphatic heterocycles. The monoisotopic (exact) mass is 423 g/mol. The van der Waals surface area contributed by atoms with Gasteiger partial charge in [0, 0.05) is 5.56 Å². The molecule has 0 radical (unpaired) electrons. The van der Waals surface area contributed by atoms with Crippen LogP contribution in [0.15, 0.2) is 30.3 Å². The molecule has 164 valence electrons. The SMILES string of the molecule is C[N+](C)(Cc1ccccc1)CC(O)COCCOC12CC3CC(CC(C3)C1)C2.[Cl-]. The van der Waals surface area contributed by atoms with Gasteiger partial charge in [0.25, 0.3) is 0 Å². The maximum Gasteiger partial charge on any atom is 0.126 e. The molecule has 4 aliphatic carbocycles. The molecule has 0 amide bonds. The number of ether oxygens (including phenoxy) is 2. The maximum atomic E-state index is 10.4. The van der Waals surface area contributed by atoms with Crippen molar-refractivity contribution >= 4 is 0 Å². The minimum atomic E-state index is -0.446. The Morgan fingerprint density at radius 3 is 2.17 bits per heavy atom. The third-order valence-corrected chi connectivity index (χ3v) is 7.09. The average molecular weight is 424 g/mol. The summed E-state index contributed by atoms with van der Waals surface area (Å²) >= 11 is 0. The summed E-state index contributed by atoms with van der Waals surface area (Å²) in [7, 11) is 4.32. The molecular formula is C24H38ClNO3. The normalized spacial score (nSPS) is 31.5. The zero-order valence-electron chi connectivity index (χ0n) is 18.1. The van der Waals surface area contributed by atoms with E-state index in [1.165, 1.54) is 44.1 Å². The third kappa shape index (κ3) is 6.18. The van der Waals surface area contributed by atoms with Gasteiger partial charge < -0.3 is 31.5 Å². The van der Waals surface area contributed by atoms with Crippen LogP contribution in [0.4, 0.5) is 0 Å². The van der Waals surface area contributed by atoms with Gasteiger partial charge in [-0.15, -0.1) is 0 Å². The lowest BCUT2D eigenvalue weighted by Gasteiger charge is -2.56. The number of halogens is 1. The lowest BCUT2D eigenvalue weighted by molar-refractivity contribution is -0.906. The fraction of sp³-hybridized carbons (Fsp3) is 0.750. The predicted octanol–water partition coefficient (Wildman–Crippen LogP) is 0.630. The Morgan fingerprint density at radius 2 is 1.59 bits per heavy atom. The van der Waals surface area contributed by atoms with E-state index >= 15 is 0 Å².